The lowest BCUT2D eigenvalue weighted by atomic mass is 10.1. The number of rotatable bonds is 3. The molecule has 1 unspecified atom stereocenters. The molecule has 2 rings (SSSR count). The smallest absolute Gasteiger partial charge is 0.251 e. The summed E-state index contributed by atoms with van der Waals surface area (Å²) in [6.07, 6.45) is 2.37. The van der Waals surface area contributed by atoms with Crippen molar-refractivity contribution < 1.29 is 4.79 Å². The number of hydrogen-bond acceptors (Lipinski definition) is 2. The number of nitrogens with one attached hydrogen (secondary N) is 1. The molecular formula is C14H19ClN2O. The fraction of sp³-hybridized carbons (Fsp3) is 0.500. The molecule has 1 saturated heterocycles. The highest BCUT2D eigenvalue weighted by Crippen LogP contribution is 2.19. The van der Waals surface area contributed by atoms with Gasteiger partial charge in [-0.15, -0.1) is 0 Å². The Labute approximate surface area is 113 Å². The van der Waals surface area contributed by atoms with Crippen molar-refractivity contribution in [2.45, 2.75) is 25.8 Å². The van der Waals surface area contributed by atoms with Gasteiger partial charge in [0.15, 0.2) is 0 Å². The van der Waals surface area contributed by atoms with Gasteiger partial charge in [0.2, 0.25) is 0 Å². The normalized spacial score (nSPS) is 20.1. The van der Waals surface area contributed by atoms with Gasteiger partial charge >= 0.3 is 0 Å². The predicted octanol–water partition coefficient (Wildman–Crippen LogP) is 2.47. The Bertz CT molecular complexity index is 447. The molecule has 1 fully saturated rings. The molecule has 0 aromatic heterocycles. The molecule has 1 aromatic carbocycles. The Morgan fingerprint density at radius 1 is 1.56 bits per heavy atom. The van der Waals surface area contributed by atoms with Gasteiger partial charge in [-0.3, -0.25) is 4.79 Å². The summed E-state index contributed by atoms with van der Waals surface area (Å²) >= 11 is 6.02. The highest BCUT2D eigenvalue weighted by atomic mass is 35.5. The van der Waals surface area contributed by atoms with Crippen LogP contribution in [0.25, 0.3) is 0 Å². The van der Waals surface area contributed by atoms with Crippen LogP contribution in [-0.4, -0.2) is 37.0 Å². The van der Waals surface area contributed by atoms with Gasteiger partial charge in [-0.2, -0.15) is 0 Å². The average Bonchev–Trinajstić information content (AvgIpc) is 2.75. The lowest BCUT2D eigenvalue weighted by Crippen LogP contribution is -2.38. The summed E-state index contributed by atoms with van der Waals surface area (Å²) in [6, 6.07) is 5.90. The van der Waals surface area contributed by atoms with E-state index in [1.165, 1.54) is 6.42 Å². The number of likely N-dealkylation sites (tertiary alicyclic amines) is 1. The number of carbonyl (C=O) groups is 1. The number of hydrogen-bond donors (Lipinski definition) is 1. The lowest BCUT2D eigenvalue weighted by molar-refractivity contribution is 0.0943. The fourth-order valence-electron chi connectivity index (χ4n) is 2.40. The van der Waals surface area contributed by atoms with Crippen LogP contribution in [0.2, 0.25) is 5.02 Å². The van der Waals surface area contributed by atoms with E-state index in [2.05, 4.69) is 17.3 Å². The molecule has 0 bridgehead atoms. The van der Waals surface area contributed by atoms with E-state index in [4.69, 9.17) is 11.6 Å². The third-order valence-electron chi connectivity index (χ3n) is 3.68. The van der Waals surface area contributed by atoms with Gasteiger partial charge in [0.25, 0.3) is 5.91 Å². The second-order valence-corrected chi connectivity index (χ2v) is 5.31. The summed E-state index contributed by atoms with van der Waals surface area (Å²) < 4.78 is 0. The molecule has 1 aliphatic rings. The SMILES string of the molecule is Cc1c(Cl)cccc1C(=O)NCC1CCCN1C. The first-order chi connectivity index (χ1) is 8.59. The van der Waals surface area contributed by atoms with Crippen LogP contribution in [0.1, 0.15) is 28.8 Å². The quantitative estimate of drug-likeness (QED) is 0.912. The number of benzene rings is 1. The van der Waals surface area contributed by atoms with Crippen LogP contribution in [0.15, 0.2) is 18.2 Å². The summed E-state index contributed by atoms with van der Waals surface area (Å²) in [5.74, 6) is -0.0321. The van der Waals surface area contributed by atoms with E-state index in [-0.39, 0.29) is 5.91 Å². The van der Waals surface area contributed by atoms with Crippen LogP contribution >= 0.6 is 11.6 Å². The average molecular weight is 267 g/mol. The summed E-state index contributed by atoms with van der Waals surface area (Å²) in [6.45, 7) is 3.71. The minimum atomic E-state index is -0.0321. The molecule has 3 nitrogen and oxygen atoms in total. The van der Waals surface area contributed by atoms with Gasteiger partial charge < -0.3 is 10.2 Å². The van der Waals surface area contributed by atoms with E-state index >= 15 is 0 Å². The largest absolute Gasteiger partial charge is 0.350 e. The van der Waals surface area contributed by atoms with E-state index in [9.17, 15) is 4.79 Å². The zero-order chi connectivity index (χ0) is 13.1. The van der Waals surface area contributed by atoms with Crippen molar-refractivity contribution in [1.29, 1.82) is 0 Å². The molecule has 0 aliphatic carbocycles. The van der Waals surface area contributed by atoms with Crippen LogP contribution in [0.3, 0.4) is 0 Å². The topological polar surface area (TPSA) is 32.3 Å². The lowest BCUT2D eigenvalue weighted by Gasteiger charge is -2.20. The van der Waals surface area contributed by atoms with E-state index in [0.717, 1.165) is 18.5 Å². The second-order valence-electron chi connectivity index (χ2n) is 4.90. The molecule has 98 valence electrons. The standard InChI is InChI=1S/C14H19ClN2O/c1-10-12(6-3-7-13(10)15)14(18)16-9-11-5-4-8-17(11)2/h3,6-7,11H,4-5,8-9H2,1-2H3,(H,16,18). The Morgan fingerprint density at radius 2 is 2.33 bits per heavy atom. The monoisotopic (exact) mass is 266 g/mol. The minimum Gasteiger partial charge on any atom is -0.350 e. The van der Waals surface area contributed by atoms with Gasteiger partial charge in [0.05, 0.1) is 0 Å². The summed E-state index contributed by atoms with van der Waals surface area (Å²) in [5.41, 5.74) is 1.51. The molecule has 0 radical (unpaired) electrons. The van der Waals surface area contributed by atoms with Crippen LogP contribution < -0.4 is 5.32 Å². The van der Waals surface area contributed by atoms with E-state index in [1.54, 1.807) is 6.07 Å². The van der Waals surface area contributed by atoms with Crippen molar-refractivity contribution in [3.8, 4) is 0 Å². The number of halogens is 1. The van der Waals surface area contributed by atoms with Crippen molar-refractivity contribution in [3.63, 3.8) is 0 Å². The number of likely N-dealkylation sites (N-methyl/N-ethyl adjacent to an activating group) is 1. The zero-order valence-electron chi connectivity index (χ0n) is 10.9. The molecule has 0 saturated carbocycles. The van der Waals surface area contributed by atoms with Crippen molar-refractivity contribution in [2.75, 3.05) is 20.1 Å². The van der Waals surface area contributed by atoms with Crippen LogP contribution in [0.4, 0.5) is 0 Å². The molecule has 1 aliphatic heterocycles. The van der Waals surface area contributed by atoms with Crippen LogP contribution in [-0.2, 0) is 0 Å². The molecule has 1 aromatic rings. The maximum atomic E-state index is 12.1. The molecule has 1 atom stereocenters. The molecule has 1 amide bonds. The Balaban J connectivity index is 1.97. The second kappa shape index (κ2) is 5.72. The number of carbonyl (C=O) groups excluding carboxylic acids is 1. The molecule has 4 heteroatoms. The van der Waals surface area contributed by atoms with Crippen molar-refractivity contribution in [1.82, 2.24) is 10.2 Å². The summed E-state index contributed by atoms with van der Waals surface area (Å²) in [4.78, 5) is 14.4. The Kier molecular flexibility index (Phi) is 4.25. The van der Waals surface area contributed by atoms with Gasteiger partial charge in [-0.25, -0.2) is 0 Å². The van der Waals surface area contributed by atoms with Crippen LogP contribution in [0.5, 0.6) is 0 Å². The molecule has 1 heterocycles. The number of nitrogens with zero attached hydrogens (tertiary/aromatic N) is 1. The van der Waals surface area contributed by atoms with E-state index < -0.39 is 0 Å². The van der Waals surface area contributed by atoms with Gasteiger partial charge in [0.1, 0.15) is 0 Å². The highest BCUT2D eigenvalue weighted by molar-refractivity contribution is 6.31. The van der Waals surface area contributed by atoms with Crippen molar-refractivity contribution in [3.05, 3.63) is 34.3 Å². The minimum absolute atomic E-state index is 0.0321. The third kappa shape index (κ3) is 2.85. The zero-order valence-corrected chi connectivity index (χ0v) is 11.6. The van der Waals surface area contributed by atoms with E-state index in [1.807, 2.05) is 19.1 Å². The van der Waals surface area contributed by atoms with Crippen LogP contribution in [0, 0.1) is 6.92 Å². The first-order valence-corrected chi connectivity index (χ1v) is 6.71. The predicted molar refractivity (Wildman–Crippen MR) is 74.2 cm³/mol. The number of amides is 1. The van der Waals surface area contributed by atoms with Gasteiger partial charge in [-0.1, -0.05) is 17.7 Å². The molecule has 1 N–H and O–H groups in total. The fourth-order valence-corrected chi connectivity index (χ4v) is 2.57. The maximum absolute atomic E-state index is 12.1. The highest BCUT2D eigenvalue weighted by Gasteiger charge is 2.21. The molecule has 18 heavy (non-hydrogen) atoms. The molecular weight excluding hydrogens is 248 g/mol. The Hall–Kier alpha value is -1.06. The van der Waals surface area contributed by atoms with Crippen molar-refractivity contribution >= 4 is 17.5 Å². The first kappa shape index (κ1) is 13.4. The Morgan fingerprint density at radius 3 is 3.00 bits per heavy atom. The van der Waals surface area contributed by atoms with Gasteiger partial charge in [-0.05, 0) is 51.1 Å². The summed E-state index contributed by atoms with van der Waals surface area (Å²) in [7, 11) is 2.11. The first-order valence-electron chi connectivity index (χ1n) is 6.33. The summed E-state index contributed by atoms with van der Waals surface area (Å²) in [5, 5.41) is 3.64. The maximum Gasteiger partial charge on any atom is 0.251 e. The van der Waals surface area contributed by atoms with Crippen molar-refractivity contribution in [2.24, 2.45) is 0 Å². The third-order valence-corrected chi connectivity index (χ3v) is 4.09. The van der Waals surface area contributed by atoms with Gasteiger partial charge in [0, 0.05) is 23.2 Å². The van der Waals surface area contributed by atoms with E-state index in [0.29, 0.717) is 23.2 Å². The molecule has 0 spiro atoms.